The van der Waals surface area contributed by atoms with Gasteiger partial charge >= 0.3 is 0 Å². The van der Waals surface area contributed by atoms with Gasteiger partial charge in [-0.3, -0.25) is 9.59 Å². The Balaban J connectivity index is 2.00. The van der Waals surface area contributed by atoms with Crippen molar-refractivity contribution in [3.8, 4) is 11.5 Å². The van der Waals surface area contributed by atoms with Crippen molar-refractivity contribution >= 4 is 21.8 Å². The van der Waals surface area contributed by atoms with Gasteiger partial charge in [0.1, 0.15) is 17.5 Å². The van der Waals surface area contributed by atoms with Crippen molar-refractivity contribution in [3.05, 3.63) is 53.6 Å². The van der Waals surface area contributed by atoms with E-state index >= 15 is 0 Å². The molecule has 0 spiro atoms. The van der Waals surface area contributed by atoms with Crippen LogP contribution in [-0.2, 0) is 21.2 Å². The highest BCUT2D eigenvalue weighted by molar-refractivity contribution is 7.89. The molecule has 0 aliphatic rings. The van der Waals surface area contributed by atoms with Crippen LogP contribution >= 0.6 is 0 Å². The van der Waals surface area contributed by atoms with Gasteiger partial charge in [-0.2, -0.15) is 0 Å². The van der Waals surface area contributed by atoms with Crippen LogP contribution in [-0.4, -0.2) is 47.0 Å². The molecule has 0 aliphatic carbocycles. The normalized spacial score (nSPS) is 12.2. The first kappa shape index (κ1) is 25.2. The Labute approximate surface area is 188 Å². The van der Waals surface area contributed by atoms with Crippen molar-refractivity contribution in [2.24, 2.45) is 11.1 Å². The van der Waals surface area contributed by atoms with Crippen molar-refractivity contribution < 1.29 is 27.5 Å². The lowest BCUT2D eigenvalue weighted by Gasteiger charge is -2.22. The molecule has 2 aromatic rings. The molecule has 1 atom stereocenters. The van der Waals surface area contributed by atoms with Crippen LogP contribution in [0, 0.1) is 5.92 Å². The van der Waals surface area contributed by atoms with Crippen LogP contribution in [0.4, 0.5) is 0 Å². The van der Waals surface area contributed by atoms with Crippen LogP contribution in [0.1, 0.15) is 29.8 Å². The summed E-state index contributed by atoms with van der Waals surface area (Å²) in [5.74, 6) is 0.0431. The maximum Gasteiger partial charge on any atom is 0.252 e. The van der Waals surface area contributed by atoms with E-state index in [0.717, 1.165) is 5.56 Å². The Kier molecular flexibility index (Phi) is 8.62. The number of ether oxygens (including phenoxy) is 2. The summed E-state index contributed by atoms with van der Waals surface area (Å²) in [6.45, 7) is 3.99. The van der Waals surface area contributed by atoms with E-state index in [2.05, 4.69) is 10.6 Å². The van der Waals surface area contributed by atoms with E-state index in [1.54, 1.807) is 30.3 Å². The molecule has 0 fully saturated rings. The molecular weight excluding hydrogens is 434 g/mol. The van der Waals surface area contributed by atoms with Crippen LogP contribution < -0.4 is 25.2 Å². The molecule has 0 heterocycles. The quantitative estimate of drug-likeness (QED) is 0.488. The summed E-state index contributed by atoms with van der Waals surface area (Å²) >= 11 is 0. The molecule has 0 saturated heterocycles. The molecule has 32 heavy (non-hydrogen) atoms. The fourth-order valence-electron chi connectivity index (χ4n) is 2.98. The largest absolute Gasteiger partial charge is 0.497 e. The molecule has 0 radical (unpaired) electrons. The van der Waals surface area contributed by atoms with Crippen LogP contribution in [0.15, 0.2) is 47.4 Å². The van der Waals surface area contributed by atoms with Crippen LogP contribution in [0.2, 0.25) is 0 Å². The average Bonchev–Trinajstić information content (AvgIpc) is 2.76. The molecule has 0 bridgehead atoms. The molecule has 0 aromatic heterocycles. The number of sulfonamides is 1. The van der Waals surface area contributed by atoms with Crippen molar-refractivity contribution in [1.29, 1.82) is 0 Å². The van der Waals surface area contributed by atoms with Crippen LogP contribution in [0.5, 0.6) is 11.5 Å². The third-order valence-electron chi connectivity index (χ3n) is 4.81. The topological polar surface area (TPSA) is 137 Å². The average molecular weight is 464 g/mol. The Bertz CT molecular complexity index is 1030. The standard InChI is InChI=1S/C22H29N3O6S/c1-14(2)20(25-21(26)16-11-17(30-3)13-18(12-16)31-4)22(27)24-10-9-15-5-7-19(8-6-15)32(23,28)29/h5-8,11-14,20H,9-10H2,1-4H3,(H,24,27)(H,25,26)(H2,23,28,29)/t20-/m1/s1. The number of methoxy groups -OCH3 is 2. The minimum Gasteiger partial charge on any atom is -0.497 e. The highest BCUT2D eigenvalue weighted by Gasteiger charge is 2.25. The number of nitrogens with two attached hydrogens (primary N) is 1. The fourth-order valence-corrected chi connectivity index (χ4v) is 3.50. The zero-order valence-corrected chi connectivity index (χ0v) is 19.4. The summed E-state index contributed by atoms with van der Waals surface area (Å²) in [5.41, 5.74) is 1.15. The molecule has 10 heteroatoms. The predicted octanol–water partition coefficient (Wildman–Crippen LogP) is 1.46. The van der Waals surface area contributed by atoms with E-state index in [4.69, 9.17) is 14.6 Å². The van der Waals surface area contributed by atoms with Gasteiger partial charge in [0.25, 0.3) is 5.91 Å². The summed E-state index contributed by atoms with van der Waals surface area (Å²) in [7, 11) is -0.765. The van der Waals surface area contributed by atoms with E-state index in [0.29, 0.717) is 30.0 Å². The van der Waals surface area contributed by atoms with Gasteiger partial charge in [-0.1, -0.05) is 26.0 Å². The van der Waals surface area contributed by atoms with Crippen molar-refractivity contribution in [2.45, 2.75) is 31.2 Å². The molecule has 0 aliphatic heterocycles. The minimum absolute atomic E-state index is 0.0297. The molecule has 9 nitrogen and oxygen atoms in total. The van der Waals surface area contributed by atoms with E-state index in [-0.39, 0.29) is 16.7 Å². The number of primary sulfonamides is 1. The first-order chi connectivity index (χ1) is 15.0. The van der Waals surface area contributed by atoms with Gasteiger partial charge in [0, 0.05) is 18.2 Å². The molecule has 2 amide bonds. The van der Waals surface area contributed by atoms with Gasteiger partial charge in [0.2, 0.25) is 15.9 Å². The SMILES string of the molecule is COc1cc(OC)cc(C(=O)N[C@@H](C(=O)NCCc2ccc(S(N)(=O)=O)cc2)C(C)C)c1. The highest BCUT2D eigenvalue weighted by atomic mass is 32.2. The number of hydrogen-bond donors (Lipinski definition) is 3. The van der Waals surface area contributed by atoms with Gasteiger partial charge in [-0.15, -0.1) is 0 Å². The van der Waals surface area contributed by atoms with E-state index in [1.807, 2.05) is 13.8 Å². The van der Waals surface area contributed by atoms with Gasteiger partial charge in [0.15, 0.2) is 0 Å². The van der Waals surface area contributed by atoms with Crippen molar-refractivity contribution in [3.63, 3.8) is 0 Å². The Morgan fingerprint density at radius 2 is 1.56 bits per heavy atom. The monoisotopic (exact) mass is 463 g/mol. The van der Waals surface area contributed by atoms with Crippen LogP contribution in [0.25, 0.3) is 0 Å². The lowest BCUT2D eigenvalue weighted by atomic mass is 10.0. The highest BCUT2D eigenvalue weighted by Crippen LogP contribution is 2.22. The molecule has 174 valence electrons. The molecule has 0 saturated carbocycles. The molecule has 2 rings (SSSR count). The fraction of sp³-hybridized carbons (Fsp3) is 0.364. The predicted molar refractivity (Wildman–Crippen MR) is 120 cm³/mol. The first-order valence-corrected chi connectivity index (χ1v) is 11.5. The number of benzene rings is 2. The zero-order chi connectivity index (χ0) is 23.9. The smallest absolute Gasteiger partial charge is 0.252 e. The van der Waals surface area contributed by atoms with Crippen molar-refractivity contribution in [1.82, 2.24) is 10.6 Å². The minimum atomic E-state index is -3.74. The maximum absolute atomic E-state index is 12.7. The van der Waals surface area contributed by atoms with E-state index in [1.165, 1.54) is 26.4 Å². The van der Waals surface area contributed by atoms with Gasteiger partial charge in [-0.05, 0) is 42.2 Å². The van der Waals surface area contributed by atoms with Gasteiger partial charge in [0.05, 0.1) is 19.1 Å². The number of carbonyl (C=O) groups is 2. The maximum atomic E-state index is 12.7. The number of rotatable bonds is 10. The molecule has 0 unspecified atom stereocenters. The second-order valence-corrected chi connectivity index (χ2v) is 9.09. The van der Waals surface area contributed by atoms with E-state index in [9.17, 15) is 18.0 Å². The lowest BCUT2D eigenvalue weighted by molar-refractivity contribution is -0.123. The molecule has 4 N–H and O–H groups in total. The Morgan fingerprint density at radius 3 is 2.03 bits per heavy atom. The number of nitrogens with one attached hydrogen (secondary N) is 2. The summed E-state index contributed by atoms with van der Waals surface area (Å²) in [6.07, 6.45) is 0.489. The van der Waals surface area contributed by atoms with Gasteiger partial charge in [-0.25, -0.2) is 13.6 Å². The second kappa shape index (κ2) is 11.0. The molecular formula is C22H29N3O6S. The Morgan fingerprint density at radius 1 is 1.00 bits per heavy atom. The van der Waals surface area contributed by atoms with Crippen molar-refractivity contribution in [2.75, 3.05) is 20.8 Å². The van der Waals surface area contributed by atoms with E-state index < -0.39 is 22.0 Å². The molecule has 2 aromatic carbocycles. The zero-order valence-electron chi connectivity index (χ0n) is 18.5. The second-order valence-electron chi connectivity index (χ2n) is 7.53. The first-order valence-electron chi connectivity index (χ1n) is 9.98. The third kappa shape index (κ3) is 6.96. The summed E-state index contributed by atoms with van der Waals surface area (Å²) in [4.78, 5) is 25.5. The summed E-state index contributed by atoms with van der Waals surface area (Å²) in [5, 5.41) is 10.7. The lowest BCUT2D eigenvalue weighted by Crippen LogP contribution is -2.50. The third-order valence-corrected chi connectivity index (χ3v) is 5.74. The van der Waals surface area contributed by atoms with Crippen LogP contribution in [0.3, 0.4) is 0 Å². The number of hydrogen-bond acceptors (Lipinski definition) is 6. The Hall–Kier alpha value is -3.11. The number of carbonyl (C=O) groups excluding carboxylic acids is 2. The van der Waals surface area contributed by atoms with Gasteiger partial charge < -0.3 is 20.1 Å². The summed E-state index contributed by atoms with van der Waals surface area (Å²) in [6, 6.07) is 10.2. The summed E-state index contributed by atoms with van der Waals surface area (Å²) < 4.78 is 33.0. The number of amides is 2.